The summed E-state index contributed by atoms with van der Waals surface area (Å²) in [6.07, 6.45) is -0.397. The van der Waals surface area contributed by atoms with Crippen LogP contribution in [0, 0.1) is 0 Å². The highest BCUT2D eigenvalue weighted by Gasteiger charge is 2.54. The van der Waals surface area contributed by atoms with Crippen LogP contribution in [0.25, 0.3) is 22.2 Å². The van der Waals surface area contributed by atoms with E-state index < -0.39 is 46.9 Å². The molecule has 0 spiro atoms. The number of nitrogens with one attached hydrogen (secondary N) is 2. The normalized spacial score (nSPS) is 18.0. The molecule has 0 radical (unpaired) electrons. The standard InChI is InChI=1S/C35H38N4O9S2/c1-18(40)45-14-20-16-50-32-29(31(42)39(32)30(20)33(43)48-35(2,3)4)37-27(41)15-46-21-8-9-22-26(12-21)49-17-24-23-11-19(13-47-34(44)38(5)6)7-10-25(23)36-28(22)24/h7-12,29,32,36H,13-17H2,1-6H3,(H,37,41). The van der Waals surface area contributed by atoms with E-state index in [0.29, 0.717) is 17.1 Å². The number of fused-ring (bicyclic) bond motifs is 6. The Kier molecular flexibility index (Phi) is 9.82. The third-order valence-electron chi connectivity index (χ3n) is 8.07. The van der Waals surface area contributed by atoms with E-state index in [4.69, 9.17) is 18.9 Å². The number of carbonyl (C=O) groups excluding carboxylic acids is 5. The van der Waals surface area contributed by atoms with E-state index in [1.807, 2.05) is 30.3 Å². The summed E-state index contributed by atoms with van der Waals surface area (Å²) >= 11 is 3.02. The van der Waals surface area contributed by atoms with Crippen molar-refractivity contribution < 1.29 is 42.9 Å². The molecule has 0 aliphatic carbocycles. The molecular formula is C35H38N4O9S2. The first-order valence-corrected chi connectivity index (χ1v) is 17.9. The SMILES string of the molecule is CC(=O)OCC1=C(C(=O)OC(C)(C)C)N2C(=O)C(NC(=O)COc3ccc4c(c3)SCc3c-4[nH]c4ccc(COC(=O)N(C)C)cc34)C2SC1. The highest BCUT2D eigenvalue weighted by atomic mass is 32.2. The van der Waals surface area contributed by atoms with E-state index in [1.54, 1.807) is 52.7 Å². The Balaban J connectivity index is 1.09. The second-order valence-corrected chi connectivity index (χ2v) is 15.4. The Morgan fingerprint density at radius 2 is 1.82 bits per heavy atom. The number of esters is 2. The van der Waals surface area contributed by atoms with Crippen LogP contribution in [0.15, 0.2) is 52.6 Å². The summed E-state index contributed by atoms with van der Waals surface area (Å²) in [5, 5.41) is 3.30. The van der Waals surface area contributed by atoms with Crippen LogP contribution < -0.4 is 10.1 Å². The van der Waals surface area contributed by atoms with E-state index in [1.165, 1.54) is 28.5 Å². The van der Waals surface area contributed by atoms with E-state index in [9.17, 15) is 24.0 Å². The van der Waals surface area contributed by atoms with Crippen LogP contribution in [0.1, 0.15) is 38.8 Å². The highest BCUT2D eigenvalue weighted by Crippen LogP contribution is 2.46. The maximum absolute atomic E-state index is 13.3. The molecule has 3 aliphatic heterocycles. The average molecular weight is 723 g/mol. The fourth-order valence-corrected chi connectivity index (χ4v) is 8.22. The summed E-state index contributed by atoms with van der Waals surface area (Å²) in [6, 6.07) is 10.8. The van der Waals surface area contributed by atoms with Crippen molar-refractivity contribution >= 4 is 64.3 Å². The number of benzene rings is 2. The van der Waals surface area contributed by atoms with Gasteiger partial charge < -0.3 is 34.1 Å². The van der Waals surface area contributed by atoms with Gasteiger partial charge >= 0.3 is 18.0 Å². The van der Waals surface area contributed by atoms with Crippen molar-refractivity contribution in [2.24, 2.45) is 0 Å². The maximum Gasteiger partial charge on any atom is 0.409 e. The molecule has 3 aromatic rings. The van der Waals surface area contributed by atoms with Crippen LogP contribution >= 0.6 is 23.5 Å². The second-order valence-electron chi connectivity index (χ2n) is 13.2. The van der Waals surface area contributed by atoms with Gasteiger partial charge in [0.25, 0.3) is 11.8 Å². The molecule has 3 amide bonds. The van der Waals surface area contributed by atoms with Crippen molar-refractivity contribution in [2.45, 2.75) is 62.0 Å². The Morgan fingerprint density at radius 1 is 1.04 bits per heavy atom. The summed E-state index contributed by atoms with van der Waals surface area (Å²) in [5.41, 5.74) is 4.77. The van der Waals surface area contributed by atoms with E-state index in [2.05, 4.69) is 10.3 Å². The number of ether oxygens (including phenoxy) is 4. The smallest absolute Gasteiger partial charge is 0.409 e. The molecule has 1 fully saturated rings. The van der Waals surface area contributed by atoms with Crippen LogP contribution in [0.2, 0.25) is 0 Å². The number of thioether (sulfide) groups is 2. The molecule has 1 saturated heterocycles. The van der Waals surface area contributed by atoms with Crippen molar-refractivity contribution in [1.82, 2.24) is 20.1 Å². The van der Waals surface area contributed by atoms with Crippen LogP contribution in [0.5, 0.6) is 5.75 Å². The van der Waals surface area contributed by atoms with Crippen LogP contribution in [0.3, 0.4) is 0 Å². The zero-order chi connectivity index (χ0) is 35.9. The largest absolute Gasteiger partial charge is 0.484 e. The Morgan fingerprint density at radius 3 is 2.54 bits per heavy atom. The average Bonchev–Trinajstić information content (AvgIpc) is 3.44. The van der Waals surface area contributed by atoms with Gasteiger partial charge in [0.1, 0.15) is 41.7 Å². The minimum Gasteiger partial charge on any atom is -0.484 e. The van der Waals surface area contributed by atoms with Crippen molar-refractivity contribution in [1.29, 1.82) is 0 Å². The molecule has 1 aromatic heterocycles. The molecule has 3 aliphatic rings. The number of hydrogen-bond donors (Lipinski definition) is 2. The molecule has 0 bridgehead atoms. The molecule has 4 heterocycles. The lowest BCUT2D eigenvalue weighted by Gasteiger charge is -2.49. The molecule has 2 N–H and O–H groups in total. The zero-order valence-corrected chi connectivity index (χ0v) is 30.2. The Hall–Kier alpha value is -4.63. The Bertz CT molecular complexity index is 1930. The molecule has 13 nitrogen and oxygen atoms in total. The van der Waals surface area contributed by atoms with Gasteiger partial charge in [0.2, 0.25) is 0 Å². The van der Waals surface area contributed by atoms with Crippen LogP contribution in [0.4, 0.5) is 4.79 Å². The van der Waals surface area contributed by atoms with Gasteiger partial charge in [0, 0.05) is 59.5 Å². The minimum atomic E-state index is -0.858. The number of rotatable bonds is 9. The van der Waals surface area contributed by atoms with Gasteiger partial charge in [-0.3, -0.25) is 19.3 Å². The number of amides is 3. The summed E-state index contributed by atoms with van der Waals surface area (Å²) in [5.74, 6) is -0.597. The van der Waals surface area contributed by atoms with Gasteiger partial charge in [-0.05, 0) is 62.2 Å². The number of aromatic nitrogens is 1. The number of nitrogens with zero attached hydrogens (tertiary/aromatic N) is 2. The second kappa shape index (κ2) is 13.9. The topological polar surface area (TPSA) is 157 Å². The number of aromatic amines is 1. The van der Waals surface area contributed by atoms with Crippen molar-refractivity contribution in [3.05, 3.63) is 58.8 Å². The number of H-pyrrole nitrogens is 1. The lowest BCUT2D eigenvalue weighted by Crippen LogP contribution is -2.71. The fraction of sp³-hybridized carbons (Fsp3) is 0.400. The number of hydrogen-bond acceptors (Lipinski definition) is 11. The third-order valence-corrected chi connectivity index (χ3v) is 10.5. The fourth-order valence-electron chi connectivity index (χ4n) is 5.77. The summed E-state index contributed by atoms with van der Waals surface area (Å²) < 4.78 is 21.9. The molecule has 264 valence electrons. The Labute approximate surface area is 297 Å². The molecule has 2 aromatic carbocycles. The van der Waals surface area contributed by atoms with E-state index in [-0.39, 0.29) is 25.5 Å². The first-order chi connectivity index (χ1) is 23.7. The van der Waals surface area contributed by atoms with E-state index in [0.717, 1.165) is 43.9 Å². The molecule has 0 saturated carbocycles. The van der Waals surface area contributed by atoms with Crippen molar-refractivity contribution in [3.8, 4) is 17.0 Å². The number of carbonyl (C=O) groups is 5. The summed E-state index contributed by atoms with van der Waals surface area (Å²) in [4.78, 5) is 69.9. The molecule has 50 heavy (non-hydrogen) atoms. The third kappa shape index (κ3) is 7.29. The van der Waals surface area contributed by atoms with Gasteiger partial charge in [0.05, 0.1) is 5.69 Å². The highest BCUT2D eigenvalue weighted by molar-refractivity contribution is 8.00. The molecule has 6 rings (SSSR count). The summed E-state index contributed by atoms with van der Waals surface area (Å²) in [7, 11) is 3.29. The zero-order valence-electron chi connectivity index (χ0n) is 28.5. The van der Waals surface area contributed by atoms with Gasteiger partial charge in [-0.15, -0.1) is 23.5 Å². The maximum atomic E-state index is 13.3. The first-order valence-electron chi connectivity index (χ1n) is 15.9. The van der Waals surface area contributed by atoms with Crippen molar-refractivity contribution in [2.75, 3.05) is 33.1 Å². The van der Waals surface area contributed by atoms with Gasteiger partial charge in [0.15, 0.2) is 6.61 Å². The quantitative estimate of drug-likeness (QED) is 0.181. The van der Waals surface area contributed by atoms with Crippen LogP contribution in [-0.4, -0.2) is 94.7 Å². The van der Waals surface area contributed by atoms with E-state index >= 15 is 0 Å². The molecule has 2 unspecified atom stereocenters. The first kappa shape index (κ1) is 35.2. The lowest BCUT2D eigenvalue weighted by atomic mass is 10.0. The van der Waals surface area contributed by atoms with Gasteiger partial charge in [-0.2, -0.15) is 0 Å². The van der Waals surface area contributed by atoms with Gasteiger partial charge in [-0.25, -0.2) is 9.59 Å². The predicted octanol–water partition coefficient (Wildman–Crippen LogP) is 4.58. The monoisotopic (exact) mass is 722 g/mol. The van der Waals surface area contributed by atoms with Crippen LogP contribution in [-0.2, 0) is 45.7 Å². The lowest BCUT2D eigenvalue weighted by molar-refractivity contribution is -0.159. The number of β-lactam (4-membered cyclic amide) rings is 1. The minimum absolute atomic E-state index is 0.0484. The molecule has 15 heteroatoms. The van der Waals surface area contributed by atoms with Crippen molar-refractivity contribution in [3.63, 3.8) is 0 Å². The predicted molar refractivity (Wildman–Crippen MR) is 187 cm³/mol. The molecular weight excluding hydrogens is 685 g/mol. The molecule has 2 atom stereocenters. The van der Waals surface area contributed by atoms with Gasteiger partial charge in [-0.1, -0.05) is 6.07 Å². The summed E-state index contributed by atoms with van der Waals surface area (Å²) in [6.45, 7) is 6.16.